The van der Waals surface area contributed by atoms with Gasteiger partial charge in [0.05, 0.1) is 19.3 Å². The number of aromatic hydroxyl groups is 1. The van der Waals surface area contributed by atoms with Crippen LogP contribution in [0, 0.1) is 0 Å². The highest BCUT2D eigenvalue weighted by Crippen LogP contribution is 2.39. The first-order valence-electron chi connectivity index (χ1n) is 5.94. The Morgan fingerprint density at radius 1 is 1.39 bits per heavy atom. The number of benzene rings is 1. The van der Waals surface area contributed by atoms with Crippen LogP contribution in [0.15, 0.2) is 23.8 Å². The molecule has 1 aliphatic rings. The lowest BCUT2D eigenvalue weighted by molar-refractivity contribution is -0.136. The van der Waals surface area contributed by atoms with E-state index in [1.54, 1.807) is 19.1 Å². The van der Waals surface area contributed by atoms with E-state index < -0.39 is 0 Å². The smallest absolute Gasteiger partial charge is 0.338 e. The van der Waals surface area contributed by atoms with Gasteiger partial charge in [-0.3, -0.25) is 0 Å². The molecule has 0 heterocycles. The van der Waals surface area contributed by atoms with Gasteiger partial charge in [0.1, 0.15) is 0 Å². The maximum atomic E-state index is 11.9. The molecule has 1 aliphatic carbocycles. The van der Waals surface area contributed by atoms with Gasteiger partial charge in [-0.1, -0.05) is 11.6 Å². The molecule has 4 nitrogen and oxygen atoms in total. The van der Waals surface area contributed by atoms with E-state index >= 15 is 0 Å². The molecule has 0 radical (unpaired) electrons. The zero-order valence-electron chi connectivity index (χ0n) is 10.5. The van der Waals surface area contributed by atoms with Crippen LogP contribution in [-0.4, -0.2) is 24.8 Å². The highest BCUT2D eigenvalue weighted by Gasteiger charge is 2.25. The molecular formula is C14H16O4. The van der Waals surface area contributed by atoms with Crippen molar-refractivity contribution in [2.45, 2.75) is 19.8 Å². The minimum Gasteiger partial charge on any atom is -0.504 e. The molecule has 96 valence electrons. The molecule has 0 spiro atoms. The number of allylic oxidation sites excluding steroid dienone is 1. The van der Waals surface area contributed by atoms with Gasteiger partial charge in [0, 0.05) is 0 Å². The minimum atomic E-state index is -0.324. The van der Waals surface area contributed by atoms with Crippen molar-refractivity contribution in [3.8, 4) is 11.5 Å². The molecule has 1 saturated carbocycles. The van der Waals surface area contributed by atoms with Crippen LogP contribution < -0.4 is 4.74 Å². The van der Waals surface area contributed by atoms with Crippen molar-refractivity contribution in [3.63, 3.8) is 0 Å². The summed E-state index contributed by atoms with van der Waals surface area (Å²) in [5, 5.41) is 9.75. The third-order valence-electron chi connectivity index (χ3n) is 2.80. The van der Waals surface area contributed by atoms with E-state index in [0.717, 1.165) is 18.4 Å². The zero-order chi connectivity index (χ0) is 13.1. The van der Waals surface area contributed by atoms with Crippen molar-refractivity contribution in [2.75, 3.05) is 13.7 Å². The predicted molar refractivity (Wildman–Crippen MR) is 67.4 cm³/mol. The Bertz CT molecular complexity index is 497. The normalized spacial score (nSPS) is 13.1. The molecule has 0 amide bonds. The van der Waals surface area contributed by atoms with Crippen LogP contribution in [0.5, 0.6) is 11.5 Å². The number of phenols is 1. The molecule has 0 aromatic heterocycles. The lowest BCUT2D eigenvalue weighted by Gasteiger charge is -2.09. The lowest BCUT2D eigenvalue weighted by atomic mass is 10.0. The highest BCUT2D eigenvalue weighted by atomic mass is 16.5. The van der Waals surface area contributed by atoms with Crippen molar-refractivity contribution in [1.82, 2.24) is 0 Å². The molecule has 0 unspecified atom stereocenters. The Balaban J connectivity index is 2.36. The van der Waals surface area contributed by atoms with Gasteiger partial charge in [0.25, 0.3) is 0 Å². The first-order valence-corrected chi connectivity index (χ1v) is 5.94. The number of carbonyl (C=O) groups is 1. The first kappa shape index (κ1) is 12.5. The van der Waals surface area contributed by atoms with Crippen LogP contribution in [0.1, 0.15) is 25.3 Å². The third kappa shape index (κ3) is 2.47. The number of hydrogen-bond acceptors (Lipinski definition) is 4. The monoisotopic (exact) mass is 248 g/mol. The minimum absolute atomic E-state index is 0.0260. The fourth-order valence-electron chi connectivity index (χ4n) is 1.83. The van der Waals surface area contributed by atoms with Crippen LogP contribution in [0.25, 0.3) is 5.57 Å². The molecule has 1 N–H and O–H groups in total. The molecule has 4 heteroatoms. The Hall–Kier alpha value is -1.97. The molecule has 0 aliphatic heterocycles. The second kappa shape index (κ2) is 5.12. The molecule has 18 heavy (non-hydrogen) atoms. The number of hydrogen-bond donors (Lipinski definition) is 1. The van der Waals surface area contributed by atoms with Crippen molar-refractivity contribution >= 4 is 11.5 Å². The van der Waals surface area contributed by atoms with Crippen LogP contribution in [-0.2, 0) is 9.53 Å². The van der Waals surface area contributed by atoms with Crippen molar-refractivity contribution in [1.29, 1.82) is 0 Å². The number of ether oxygens (including phenoxy) is 2. The fraction of sp³-hybridized carbons (Fsp3) is 0.357. The van der Waals surface area contributed by atoms with Crippen LogP contribution >= 0.6 is 0 Å². The SMILES string of the molecule is CCOC(=O)C(=C1CC1)c1ccc(OC)c(O)c1. The van der Waals surface area contributed by atoms with Gasteiger partial charge in [0.15, 0.2) is 11.5 Å². The number of carbonyl (C=O) groups excluding carboxylic acids is 1. The van der Waals surface area contributed by atoms with E-state index in [1.807, 2.05) is 0 Å². The summed E-state index contributed by atoms with van der Waals surface area (Å²) in [6, 6.07) is 4.94. The van der Waals surface area contributed by atoms with Gasteiger partial charge in [-0.05, 0) is 37.5 Å². The molecule has 0 bridgehead atoms. The van der Waals surface area contributed by atoms with Gasteiger partial charge in [-0.25, -0.2) is 4.79 Å². The summed E-state index contributed by atoms with van der Waals surface area (Å²) in [5.74, 6) is 0.0929. The van der Waals surface area contributed by atoms with Crippen molar-refractivity contribution in [3.05, 3.63) is 29.3 Å². The molecular weight excluding hydrogens is 232 g/mol. The third-order valence-corrected chi connectivity index (χ3v) is 2.80. The summed E-state index contributed by atoms with van der Waals surface area (Å²) in [5.41, 5.74) is 2.34. The molecule has 0 saturated heterocycles. The molecule has 1 aromatic rings. The second-order valence-corrected chi connectivity index (χ2v) is 4.09. The quantitative estimate of drug-likeness (QED) is 0.657. The molecule has 1 fully saturated rings. The number of phenolic OH excluding ortho intramolecular Hbond substituents is 1. The van der Waals surface area contributed by atoms with Gasteiger partial charge in [-0.15, -0.1) is 0 Å². The second-order valence-electron chi connectivity index (χ2n) is 4.09. The van der Waals surface area contributed by atoms with E-state index in [4.69, 9.17) is 9.47 Å². The largest absolute Gasteiger partial charge is 0.504 e. The summed E-state index contributed by atoms with van der Waals surface area (Å²) >= 11 is 0. The standard InChI is InChI=1S/C14H16O4/c1-3-18-14(16)13(9-4-5-9)10-6-7-12(17-2)11(15)8-10/h6-8,15H,3-5H2,1-2H3. The van der Waals surface area contributed by atoms with Gasteiger partial charge < -0.3 is 14.6 Å². The van der Waals surface area contributed by atoms with Gasteiger partial charge in [0.2, 0.25) is 0 Å². The number of methoxy groups -OCH3 is 1. The average Bonchev–Trinajstić information content (AvgIpc) is 3.14. The number of esters is 1. The average molecular weight is 248 g/mol. The Morgan fingerprint density at radius 3 is 2.61 bits per heavy atom. The molecule has 0 atom stereocenters. The molecule has 2 rings (SSSR count). The molecule has 1 aromatic carbocycles. The number of rotatable bonds is 4. The van der Waals surface area contributed by atoms with E-state index in [-0.39, 0.29) is 11.7 Å². The Morgan fingerprint density at radius 2 is 2.11 bits per heavy atom. The summed E-state index contributed by atoms with van der Waals surface area (Å²) in [7, 11) is 1.49. The topological polar surface area (TPSA) is 55.8 Å². The van der Waals surface area contributed by atoms with Crippen LogP contribution in [0.2, 0.25) is 0 Å². The van der Waals surface area contributed by atoms with Crippen LogP contribution in [0.4, 0.5) is 0 Å². The van der Waals surface area contributed by atoms with Crippen LogP contribution in [0.3, 0.4) is 0 Å². The summed E-state index contributed by atoms with van der Waals surface area (Å²) in [6.45, 7) is 2.12. The summed E-state index contributed by atoms with van der Waals surface area (Å²) in [4.78, 5) is 11.9. The van der Waals surface area contributed by atoms with E-state index in [9.17, 15) is 9.90 Å². The zero-order valence-corrected chi connectivity index (χ0v) is 10.5. The van der Waals surface area contributed by atoms with Crippen molar-refractivity contribution < 1.29 is 19.4 Å². The van der Waals surface area contributed by atoms with E-state index in [2.05, 4.69) is 0 Å². The highest BCUT2D eigenvalue weighted by molar-refractivity contribution is 6.18. The summed E-state index contributed by atoms with van der Waals surface area (Å²) in [6.07, 6.45) is 1.84. The van der Waals surface area contributed by atoms with Crippen molar-refractivity contribution in [2.24, 2.45) is 0 Å². The Kier molecular flexibility index (Phi) is 3.55. The maximum Gasteiger partial charge on any atom is 0.338 e. The lowest BCUT2D eigenvalue weighted by Crippen LogP contribution is -2.07. The Labute approximate surface area is 106 Å². The van der Waals surface area contributed by atoms with E-state index in [0.29, 0.717) is 23.5 Å². The van der Waals surface area contributed by atoms with Gasteiger partial charge >= 0.3 is 5.97 Å². The van der Waals surface area contributed by atoms with Gasteiger partial charge in [-0.2, -0.15) is 0 Å². The van der Waals surface area contributed by atoms with E-state index in [1.165, 1.54) is 13.2 Å². The summed E-state index contributed by atoms with van der Waals surface area (Å²) < 4.78 is 10.0. The first-order chi connectivity index (χ1) is 8.67. The fourth-order valence-corrected chi connectivity index (χ4v) is 1.83. The maximum absolute atomic E-state index is 11.9. The predicted octanol–water partition coefficient (Wildman–Crippen LogP) is 2.51.